The molecule has 1 fully saturated rings. The van der Waals surface area contributed by atoms with E-state index >= 15 is 0 Å². The van der Waals surface area contributed by atoms with Crippen molar-refractivity contribution in [1.29, 1.82) is 0 Å². The molecule has 8 nitrogen and oxygen atoms in total. The predicted octanol–water partition coefficient (Wildman–Crippen LogP) is 1.91. The van der Waals surface area contributed by atoms with Gasteiger partial charge in [0.05, 0.1) is 10.0 Å². The second kappa shape index (κ2) is 7.47. The van der Waals surface area contributed by atoms with E-state index in [-0.39, 0.29) is 10.9 Å². The van der Waals surface area contributed by atoms with Crippen LogP contribution in [-0.4, -0.2) is 55.5 Å². The summed E-state index contributed by atoms with van der Waals surface area (Å²) in [6.07, 6.45) is -2.21. The van der Waals surface area contributed by atoms with Crippen LogP contribution in [0.15, 0.2) is 40.6 Å². The molecular weight excluding hydrogens is 409 g/mol. The Bertz CT molecular complexity index is 961. The van der Waals surface area contributed by atoms with E-state index < -0.39 is 30.6 Å². The minimum absolute atomic E-state index is 0.153. The molecule has 4 rings (SSSR count). The van der Waals surface area contributed by atoms with Crippen LogP contribution in [0.1, 0.15) is 29.2 Å². The van der Waals surface area contributed by atoms with Crippen LogP contribution in [-0.2, 0) is 11.2 Å². The van der Waals surface area contributed by atoms with Gasteiger partial charge in [-0.25, -0.2) is 4.99 Å². The Hall–Kier alpha value is -1.94. The molecule has 5 atom stereocenters. The van der Waals surface area contributed by atoms with Crippen LogP contribution in [0.3, 0.4) is 0 Å². The van der Waals surface area contributed by atoms with Crippen molar-refractivity contribution in [2.75, 3.05) is 0 Å². The fourth-order valence-corrected chi connectivity index (χ4v) is 3.87. The van der Waals surface area contributed by atoms with Gasteiger partial charge in [-0.15, -0.1) is 0 Å². The van der Waals surface area contributed by atoms with Crippen molar-refractivity contribution in [3.63, 3.8) is 0 Å². The molecule has 2 aliphatic heterocycles. The first-order valence-electron chi connectivity index (χ1n) is 8.51. The Morgan fingerprint density at radius 3 is 2.68 bits per heavy atom. The van der Waals surface area contributed by atoms with Gasteiger partial charge in [0.1, 0.15) is 24.4 Å². The van der Waals surface area contributed by atoms with E-state index in [1.54, 1.807) is 29.1 Å². The lowest BCUT2D eigenvalue weighted by atomic mass is 9.99. The van der Waals surface area contributed by atoms with E-state index in [0.717, 1.165) is 0 Å². The average Bonchev–Trinajstić information content (AvgIpc) is 3.25. The van der Waals surface area contributed by atoms with Crippen molar-refractivity contribution in [3.8, 4) is 0 Å². The summed E-state index contributed by atoms with van der Waals surface area (Å²) in [6, 6.07) is 6.29. The highest BCUT2D eigenvalue weighted by atomic mass is 35.5. The van der Waals surface area contributed by atoms with Gasteiger partial charge in [0.15, 0.2) is 12.1 Å². The number of nitrogens with zero attached hydrogens (tertiary/aromatic N) is 3. The number of hydrogen-bond acceptors (Lipinski definition) is 6. The Morgan fingerprint density at radius 1 is 1.18 bits per heavy atom. The second-order valence-corrected chi connectivity index (χ2v) is 7.43. The number of aromatic nitrogens is 1. The van der Waals surface area contributed by atoms with Gasteiger partial charge in [-0.1, -0.05) is 34.4 Å². The second-order valence-electron chi connectivity index (χ2n) is 6.61. The molecule has 2 aromatic rings. The van der Waals surface area contributed by atoms with E-state index in [1.807, 2.05) is 0 Å². The van der Waals surface area contributed by atoms with Crippen LogP contribution in [0.4, 0.5) is 0 Å². The number of aliphatic imine (C=N–C) groups is 1. The summed E-state index contributed by atoms with van der Waals surface area (Å²) in [5.74, 6) is 0.153. The number of hydrogen-bond donors (Lipinski definition) is 4. The summed E-state index contributed by atoms with van der Waals surface area (Å²) < 4.78 is 7.48. The lowest BCUT2D eigenvalue weighted by molar-refractivity contribution is -0.0864. The Kier molecular flexibility index (Phi) is 5.17. The van der Waals surface area contributed by atoms with Crippen molar-refractivity contribution in [2.45, 2.75) is 37.1 Å². The summed E-state index contributed by atoms with van der Waals surface area (Å²) in [5, 5.41) is 44.5. The Morgan fingerprint density at radius 2 is 1.96 bits per heavy atom. The van der Waals surface area contributed by atoms with Crippen LogP contribution < -0.4 is 0 Å². The summed E-state index contributed by atoms with van der Waals surface area (Å²) in [4.78, 5) is 4.01. The zero-order valence-corrected chi connectivity index (χ0v) is 15.9. The molecule has 0 bridgehead atoms. The highest BCUT2D eigenvalue weighted by Gasteiger charge is 2.47. The van der Waals surface area contributed by atoms with Crippen molar-refractivity contribution < 1.29 is 25.3 Å². The third-order valence-electron chi connectivity index (χ3n) is 5.00. The number of aliphatic hydroxyl groups excluding tert-OH is 3. The lowest BCUT2D eigenvalue weighted by Crippen LogP contribution is -2.35. The smallest absolute Gasteiger partial charge is 0.199 e. The predicted molar refractivity (Wildman–Crippen MR) is 102 cm³/mol. The van der Waals surface area contributed by atoms with Gasteiger partial charge < -0.3 is 29.8 Å². The number of aliphatic hydroxyl groups is 3. The first-order valence-corrected chi connectivity index (χ1v) is 9.27. The standard InChI is InChI=1S/C18H17Cl2N3O5/c19-10-2-1-8(7-11(10)20)13(24)16-14(25)15(26)18(28-16)23-6-4-9-12(23)3-5-21-17(9)22-27/h1-2,4-7,13-16,18,24-27H,3H2/b22-17-/t13-,14+,15-,16-,18-/m1/s1. The van der Waals surface area contributed by atoms with Crippen LogP contribution >= 0.6 is 23.2 Å². The Labute approximate surface area is 169 Å². The molecule has 2 aliphatic rings. The fraction of sp³-hybridized carbons (Fsp3) is 0.333. The normalized spacial score (nSPS) is 29.2. The number of amidine groups is 1. The largest absolute Gasteiger partial charge is 0.409 e. The number of benzene rings is 1. The monoisotopic (exact) mass is 425 g/mol. The van der Waals surface area contributed by atoms with Gasteiger partial charge in [-0.05, 0) is 23.8 Å². The maximum absolute atomic E-state index is 10.7. The SMILES string of the molecule is O/N=C1\N=CCc2c1ccn2[C@@H]1O[C@H]([C@H](O)c2ccc(Cl)c(Cl)c2)[C@@H](O)[C@H]1O. The number of halogens is 2. The van der Waals surface area contributed by atoms with Crippen molar-refractivity contribution >= 4 is 35.3 Å². The molecule has 0 saturated carbocycles. The molecule has 0 aliphatic carbocycles. The summed E-state index contributed by atoms with van der Waals surface area (Å²) in [5.41, 5.74) is 1.72. The van der Waals surface area contributed by atoms with Crippen LogP contribution in [0.2, 0.25) is 10.0 Å². The molecular formula is C18H17Cl2N3O5. The minimum Gasteiger partial charge on any atom is -0.409 e. The van der Waals surface area contributed by atoms with Crippen LogP contribution in [0.25, 0.3) is 0 Å². The fourth-order valence-electron chi connectivity index (χ4n) is 3.57. The highest BCUT2D eigenvalue weighted by Crippen LogP contribution is 2.38. The van der Waals surface area contributed by atoms with E-state index in [1.165, 1.54) is 12.1 Å². The molecule has 0 amide bonds. The average molecular weight is 426 g/mol. The van der Waals surface area contributed by atoms with Crippen LogP contribution in [0.5, 0.6) is 0 Å². The zero-order chi connectivity index (χ0) is 20.0. The van der Waals surface area contributed by atoms with E-state index in [0.29, 0.717) is 28.3 Å². The molecule has 10 heteroatoms. The van der Waals surface area contributed by atoms with Gasteiger partial charge in [0.2, 0.25) is 0 Å². The van der Waals surface area contributed by atoms with Gasteiger partial charge in [0.25, 0.3) is 0 Å². The maximum Gasteiger partial charge on any atom is 0.199 e. The number of oxime groups is 1. The first-order chi connectivity index (χ1) is 13.4. The molecule has 1 aromatic carbocycles. The maximum atomic E-state index is 10.7. The van der Waals surface area contributed by atoms with Crippen molar-refractivity contribution in [3.05, 3.63) is 57.3 Å². The quantitative estimate of drug-likeness (QED) is 0.442. The summed E-state index contributed by atoms with van der Waals surface area (Å²) in [6.45, 7) is 0. The van der Waals surface area contributed by atoms with Crippen LogP contribution in [0, 0.1) is 0 Å². The molecule has 0 spiro atoms. The van der Waals surface area contributed by atoms with Gasteiger partial charge in [-0.3, -0.25) is 0 Å². The third-order valence-corrected chi connectivity index (χ3v) is 5.74. The highest BCUT2D eigenvalue weighted by molar-refractivity contribution is 6.42. The van der Waals surface area contributed by atoms with Crippen molar-refractivity contribution in [2.24, 2.45) is 10.1 Å². The number of fused-ring (bicyclic) bond motifs is 1. The third kappa shape index (κ3) is 3.12. The molecule has 0 unspecified atom stereocenters. The molecule has 148 valence electrons. The van der Waals surface area contributed by atoms with Gasteiger partial charge >= 0.3 is 0 Å². The number of rotatable bonds is 3. The first kappa shape index (κ1) is 19.4. The summed E-state index contributed by atoms with van der Waals surface area (Å²) >= 11 is 11.9. The molecule has 1 aromatic heterocycles. The minimum atomic E-state index is -1.34. The molecule has 28 heavy (non-hydrogen) atoms. The summed E-state index contributed by atoms with van der Waals surface area (Å²) in [7, 11) is 0. The van der Waals surface area contributed by atoms with E-state index in [4.69, 9.17) is 33.1 Å². The Balaban J connectivity index is 1.62. The lowest BCUT2D eigenvalue weighted by Gasteiger charge is -2.22. The van der Waals surface area contributed by atoms with E-state index in [2.05, 4.69) is 10.1 Å². The van der Waals surface area contributed by atoms with Gasteiger partial charge in [0, 0.05) is 30.1 Å². The molecule has 4 N–H and O–H groups in total. The molecule has 3 heterocycles. The molecule has 1 saturated heterocycles. The van der Waals surface area contributed by atoms with E-state index in [9.17, 15) is 15.3 Å². The zero-order valence-electron chi connectivity index (χ0n) is 14.4. The van der Waals surface area contributed by atoms with Gasteiger partial charge in [-0.2, -0.15) is 0 Å². The molecule has 0 radical (unpaired) electrons. The number of ether oxygens (including phenoxy) is 1. The van der Waals surface area contributed by atoms with Crippen molar-refractivity contribution in [1.82, 2.24) is 4.57 Å². The topological polar surface area (TPSA) is 120 Å².